The second kappa shape index (κ2) is 4.76. The van der Waals surface area contributed by atoms with Gasteiger partial charge in [0, 0.05) is 25.1 Å². The fourth-order valence-corrected chi connectivity index (χ4v) is 2.08. The predicted octanol–water partition coefficient (Wildman–Crippen LogP) is 1.26. The molecular weight excluding hydrogens is 230 g/mol. The lowest BCUT2D eigenvalue weighted by Gasteiger charge is -2.14. The van der Waals surface area contributed by atoms with Crippen molar-refractivity contribution in [1.29, 1.82) is 0 Å². The van der Waals surface area contributed by atoms with E-state index < -0.39 is 0 Å². The monoisotopic (exact) mass is 247 g/mol. The standard InChI is InChI=1S/C13H17N3O2/c1-8-9(2)13(18)16(12(8)17)7-10-4-5-15-11(6-10)14-3/h4-6,8-9H,7H2,1-3H3,(H,14,15). The molecular formula is C13H17N3O2. The number of hydrogen-bond acceptors (Lipinski definition) is 4. The Morgan fingerprint density at radius 1 is 1.28 bits per heavy atom. The Labute approximate surface area is 106 Å². The molecule has 5 heteroatoms. The summed E-state index contributed by atoms with van der Waals surface area (Å²) in [7, 11) is 1.78. The summed E-state index contributed by atoms with van der Waals surface area (Å²) >= 11 is 0. The fourth-order valence-electron chi connectivity index (χ4n) is 2.08. The van der Waals surface area contributed by atoms with Crippen LogP contribution in [-0.2, 0) is 16.1 Å². The Kier molecular flexibility index (Phi) is 3.32. The minimum absolute atomic E-state index is 0.0877. The van der Waals surface area contributed by atoms with Gasteiger partial charge in [-0.05, 0) is 17.7 Å². The van der Waals surface area contributed by atoms with Gasteiger partial charge in [0.2, 0.25) is 11.8 Å². The first-order chi connectivity index (χ1) is 8.54. The highest BCUT2D eigenvalue weighted by molar-refractivity contribution is 6.04. The molecule has 2 rings (SSSR count). The van der Waals surface area contributed by atoms with Gasteiger partial charge in [-0.1, -0.05) is 13.8 Å². The maximum absolute atomic E-state index is 12.0. The number of carbonyl (C=O) groups is 2. The largest absolute Gasteiger partial charge is 0.373 e. The molecule has 2 unspecified atom stereocenters. The van der Waals surface area contributed by atoms with Crippen LogP contribution in [0.4, 0.5) is 5.82 Å². The molecule has 1 aromatic rings. The molecule has 1 fully saturated rings. The number of rotatable bonds is 3. The second-order valence-corrected chi connectivity index (χ2v) is 4.64. The van der Waals surface area contributed by atoms with Crippen LogP contribution < -0.4 is 5.32 Å². The Balaban J connectivity index is 2.18. The highest BCUT2D eigenvalue weighted by atomic mass is 16.2. The summed E-state index contributed by atoms with van der Waals surface area (Å²) in [5.41, 5.74) is 0.900. The smallest absolute Gasteiger partial charge is 0.233 e. The van der Waals surface area contributed by atoms with Crippen LogP contribution in [-0.4, -0.2) is 28.7 Å². The first kappa shape index (κ1) is 12.5. The van der Waals surface area contributed by atoms with Crippen molar-refractivity contribution in [3.63, 3.8) is 0 Å². The molecule has 1 aliphatic rings. The number of hydrogen-bond donors (Lipinski definition) is 1. The summed E-state index contributed by atoms with van der Waals surface area (Å²) in [5.74, 6) is 0.115. The van der Waals surface area contributed by atoms with E-state index in [1.54, 1.807) is 27.1 Å². The van der Waals surface area contributed by atoms with E-state index in [9.17, 15) is 9.59 Å². The zero-order valence-electron chi connectivity index (χ0n) is 10.8. The van der Waals surface area contributed by atoms with Crippen molar-refractivity contribution in [2.45, 2.75) is 20.4 Å². The van der Waals surface area contributed by atoms with Gasteiger partial charge in [0.05, 0.1) is 6.54 Å². The third-order valence-corrected chi connectivity index (χ3v) is 3.48. The van der Waals surface area contributed by atoms with Crippen LogP contribution in [0, 0.1) is 11.8 Å². The van der Waals surface area contributed by atoms with E-state index in [1.165, 1.54) is 4.90 Å². The Morgan fingerprint density at radius 3 is 2.44 bits per heavy atom. The number of carbonyl (C=O) groups excluding carboxylic acids is 2. The van der Waals surface area contributed by atoms with Gasteiger partial charge in [-0.2, -0.15) is 0 Å². The summed E-state index contributed by atoms with van der Waals surface area (Å²) in [6.07, 6.45) is 1.67. The second-order valence-electron chi connectivity index (χ2n) is 4.64. The number of anilines is 1. The van der Waals surface area contributed by atoms with Crippen LogP contribution in [0.1, 0.15) is 19.4 Å². The van der Waals surface area contributed by atoms with Crippen LogP contribution in [0.5, 0.6) is 0 Å². The molecule has 1 N–H and O–H groups in total. The molecule has 2 amide bonds. The summed E-state index contributed by atoms with van der Waals surface area (Å²) in [4.78, 5) is 29.4. The van der Waals surface area contributed by atoms with Gasteiger partial charge >= 0.3 is 0 Å². The first-order valence-electron chi connectivity index (χ1n) is 6.02. The topological polar surface area (TPSA) is 62.3 Å². The molecule has 0 aliphatic carbocycles. The molecule has 0 spiro atoms. The number of imide groups is 1. The number of pyridine rings is 1. The lowest BCUT2D eigenvalue weighted by molar-refractivity contribution is -0.140. The zero-order chi connectivity index (χ0) is 13.3. The molecule has 2 atom stereocenters. The van der Waals surface area contributed by atoms with E-state index in [4.69, 9.17) is 0 Å². The molecule has 96 valence electrons. The quantitative estimate of drug-likeness (QED) is 0.817. The van der Waals surface area contributed by atoms with Crippen molar-refractivity contribution in [1.82, 2.24) is 9.88 Å². The molecule has 0 saturated carbocycles. The van der Waals surface area contributed by atoms with Crippen molar-refractivity contribution in [3.05, 3.63) is 23.9 Å². The summed E-state index contributed by atoms with van der Waals surface area (Å²) < 4.78 is 0. The van der Waals surface area contributed by atoms with Crippen molar-refractivity contribution >= 4 is 17.6 Å². The fraction of sp³-hybridized carbons (Fsp3) is 0.462. The average Bonchev–Trinajstić information content (AvgIpc) is 2.57. The van der Waals surface area contributed by atoms with Crippen LogP contribution in [0.3, 0.4) is 0 Å². The molecule has 0 radical (unpaired) electrons. The van der Waals surface area contributed by atoms with Crippen molar-refractivity contribution in [2.24, 2.45) is 11.8 Å². The molecule has 0 bridgehead atoms. The van der Waals surface area contributed by atoms with Crippen LogP contribution in [0.2, 0.25) is 0 Å². The van der Waals surface area contributed by atoms with E-state index in [1.807, 2.05) is 12.1 Å². The third kappa shape index (κ3) is 2.08. The minimum atomic E-state index is -0.219. The number of nitrogens with one attached hydrogen (secondary N) is 1. The molecule has 1 aromatic heterocycles. The molecule has 0 aromatic carbocycles. The van der Waals surface area contributed by atoms with E-state index in [0.717, 1.165) is 11.4 Å². The summed E-state index contributed by atoms with van der Waals surface area (Å²) in [6, 6.07) is 3.66. The van der Waals surface area contributed by atoms with Gasteiger partial charge in [0.25, 0.3) is 0 Å². The Hall–Kier alpha value is -1.91. The summed E-state index contributed by atoms with van der Waals surface area (Å²) in [5, 5.41) is 2.93. The van der Waals surface area contributed by atoms with Gasteiger partial charge in [-0.25, -0.2) is 4.98 Å². The van der Waals surface area contributed by atoms with E-state index in [2.05, 4.69) is 10.3 Å². The maximum atomic E-state index is 12.0. The highest BCUT2D eigenvalue weighted by Gasteiger charge is 2.41. The predicted molar refractivity (Wildman–Crippen MR) is 67.7 cm³/mol. The van der Waals surface area contributed by atoms with Crippen molar-refractivity contribution in [2.75, 3.05) is 12.4 Å². The van der Waals surface area contributed by atoms with Crippen LogP contribution >= 0.6 is 0 Å². The average molecular weight is 247 g/mol. The van der Waals surface area contributed by atoms with Crippen LogP contribution in [0.25, 0.3) is 0 Å². The lowest BCUT2D eigenvalue weighted by Crippen LogP contribution is -2.30. The number of aromatic nitrogens is 1. The van der Waals surface area contributed by atoms with Gasteiger partial charge in [0.15, 0.2) is 0 Å². The van der Waals surface area contributed by atoms with Gasteiger partial charge < -0.3 is 5.32 Å². The van der Waals surface area contributed by atoms with E-state index in [-0.39, 0.29) is 23.7 Å². The van der Waals surface area contributed by atoms with E-state index in [0.29, 0.717) is 6.54 Å². The van der Waals surface area contributed by atoms with Gasteiger partial charge in [0.1, 0.15) is 5.82 Å². The number of nitrogens with zero attached hydrogens (tertiary/aromatic N) is 2. The number of likely N-dealkylation sites (tertiary alicyclic amines) is 1. The molecule has 2 heterocycles. The van der Waals surface area contributed by atoms with Crippen molar-refractivity contribution in [3.8, 4) is 0 Å². The normalized spacial score (nSPS) is 23.6. The highest BCUT2D eigenvalue weighted by Crippen LogP contribution is 2.26. The van der Waals surface area contributed by atoms with Gasteiger partial charge in [-0.15, -0.1) is 0 Å². The zero-order valence-corrected chi connectivity index (χ0v) is 10.8. The SMILES string of the molecule is CNc1cc(CN2C(=O)C(C)C(C)C2=O)ccn1. The van der Waals surface area contributed by atoms with Crippen LogP contribution in [0.15, 0.2) is 18.3 Å². The third-order valence-electron chi connectivity index (χ3n) is 3.48. The first-order valence-corrected chi connectivity index (χ1v) is 6.02. The van der Waals surface area contributed by atoms with E-state index >= 15 is 0 Å². The molecule has 1 aliphatic heterocycles. The molecule has 5 nitrogen and oxygen atoms in total. The lowest BCUT2D eigenvalue weighted by atomic mass is 10.00. The maximum Gasteiger partial charge on any atom is 0.233 e. The molecule has 18 heavy (non-hydrogen) atoms. The van der Waals surface area contributed by atoms with Crippen molar-refractivity contribution < 1.29 is 9.59 Å². The number of amides is 2. The summed E-state index contributed by atoms with van der Waals surface area (Å²) in [6.45, 7) is 3.93. The Bertz CT molecular complexity index is 467. The Morgan fingerprint density at radius 2 is 1.89 bits per heavy atom. The van der Waals surface area contributed by atoms with Gasteiger partial charge in [-0.3, -0.25) is 14.5 Å². The minimum Gasteiger partial charge on any atom is -0.373 e. The molecule has 1 saturated heterocycles.